The van der Waals surface area contributed by atoms with Crippen molar-refractivity contribution in [2.75, 3.05) is 0 Å². The van der Waals surface area contributed by atoms with Gasteiger partial charge in [-0.1, -0.05) is 0 Å². The molecule has 2 rings (SSSR count). The summed E-state index contributed by atoms with van der Waals surface area (Å²) in [5.74, 6) is 0.291. The van der Waals surface area contributed by atoms with E-state index in [1.807, 2.05) is 19.1 Å². The van der Waals surface area contributed by atoms with Crippen molar-refractivity contribution in [1.82, 2.24) is 10.4 Å². The Hall–Kier alpha value is -2.43. The van der Waals surface area contributed by atoms with E-state index in [9.17, 15) is 4.79 Å². The fraction of sp³-hybridized carbons (Fsp3) is 0.154. The Morgan fingerprint density at radius 1 is 1.33 bits per heavy atom. The minimum Gasteiger partial charge on any atom is -0.469 e. The Morgan fingerprint density at radius 2 is 2.06 bits per heavy atom. The average Bonchev–Trinajstić information content (AvgIpc) is 2.83. The number of hydrogen-bond donors (Lipinski definition) is 1. The zero-order valence-electron chi connectivity index (χ0n) is 10.2. The van der Waals surface area contributed by atoms with E-state index in [0.29, 0.717) is 17.0 Å². The van der Waals surface area contributed by atoms with Gasteiger partial charge < -0.3 is 4.42 Å². The second kappa shape index (κ2) is 5.27. The van der Waals surface area contributed by atoms with Gasteiger partial charge in [-0.3, -0.25) is 9.78 Å². The van der Waals surface area contributed by atoms with E-state index in [-0.39, 0.29) is 5.91 Å². The number of carbonyl (C=O) groups excluding carboxylic acids is 1. The number of nitrogens with zero attached hydrogens (tertiary/aromatic N) is 2. The molecule has 0 saturated carbocycles. The molecule has 2 aromatic heterocycles. The zero-order chi connectivity index (χ0) is 13.0. The standard InChI is InChI=1S/C13H13N3O2/c1-9(11-3-6-14-7-4-11)15-16-13(17)12-5-8-18-10(12)2/h3-8H,1-2H3,(H,16,17). The summed E-state index contributed by atoms with van der Waals surface area (Å²) in [5.41, 5.74) is 4.61. The number of rotatable bonds is 3. The van der Waals surface area contributed by atoms with Gasteiger partial charge in [-0.15, -0.1) is 0 Å². The number of hydrogen-bond acceptors (Lipinski definition) is 4. The summed E-state index contributed by atoms with van der Waals surface area (Å²) < 4.78 is 5.06. The largest absolute Gasteiger partial charge is 0.469 e. The van der Waals surface area contributed by atoms with Crippen LogP contribution in [0.4, 0.5) is 0 Å². The number of furan rings is 1. The third kappa shape index (κ3) is 2.63. The summed E-state index contributed by atoms with van der Waals surface area (Å²) in [7, 11) is 0. The van der Waals surface area contributed by atoms with Gasteiger partial charge in [0.2, 0.25) is 0 Å². The van der Waals surface area contributed by atoms with Crippen molar-refractivity contribution in [3.05, 3.63) is 53.7 Å². The molecule has 18 heavy (non-hydrogen) atoms. The molecule has 0 radical (unpaired) electrons. The summed E-state index contributed by atoms with van der Waals surface area (Å²) in [5, 5.41) is 4.04. The van der Waals surface area contributed by atoms with Gasteiger partial charge in [0.25, 0.3) is 5.91 Å². The minimum absolute atomic E-state index is 0.283. The van der Waals surface area contributed by atoms with Crippen molar-refractivity contribution in [1.29, 1.82) is 0 Å². The van der Waals surface area contributed by atoms with E-state index in [2.05, 4.69) is 15.5 Å². The molecule has 0 aliphatic heterocycles. The van der Waals surface area contributed by atoms with Crippen molar-refractivity contribution < 1.29 is 9.21 Å². The summed E-state index contributed by atoms with van der Waals surface area (Å²) in [6, 6.07) is 5.27. The van der Waals surface area contributed by atoms with Crippen LogP contribution in [-0.4, -0.2) is 16.6 Å². The molecule has 92 valence electrons. The van der Waals surface area contributed by atoms with Crippen LogP contribution in [0.15, 0.2) is 46.4 Å². The van der Waals surface area contributed by atoms with E-state index in [4.69, 9.17) is 4.42 Å². The highest BCUT2D eigenvalue weighted by molar-refractivity contribution is 6.00. The molecule has 0 unspecified atom stereocenters. The van der Waals surface area contributed by atoms with Crippen molar-refractivity contribution in [2.45, 2.75) is 13.8 Å². The van der Waals surface area contributed by atoms with Crippen LogP contribution in [0.25, 0.3) is 0 Å². The number of aryl methyl sites for hydroxylation is 1. The first-order valence-electron chi connectivity index (χ1n) is 5.47. The highest BCUT2D eigenvalue weighted by atomic mass is 16.3. The smallest absolute Gasteiger partial charge is 0.274 e. The number of hydrazone groups is 1. The SMILES string of the molecule is CC(=NNC(=O)c1ccoc1C)c1ccncc1. The monoisotopic (exact) mass is 243 g/mol. The molecule has 0 aliphatic carbocycles. The van der Waals surface area contributed by atoms with Gasteiger partial charge >= 0.3 is 0 Å². The van der Waals surface area contributed by atoms with Crippen LogP contribution in [0.5, 0.6) is 0 Å². The number of pyridine rings is 1. The van der Waals surface area contributed by atoms with Crippen molar-refractivity contribution in [3.63, 3.8) is 0 Å². The van der Waals surface area contributed by atoms with E-state index in [0.717, 1.165) is 5.56 Å². The lowest BCUT2D eigenvalue weighted by Gasteiger charge is -2.01. The molecule has 2 aromatic rings. The molecule has 0 fully saturated rings. The molecule has 1 amide bonds. The lowest BCUT2D eigenvalue weighted by molar-refractivity contribution is 0.0953. The molecule has 0 atom stereocenters. The molecular formula is C13H13N3O2. The van der Waals surface area contributed by atoms with Crippen molar-refractivity contribution in [2.24, 2.45) is 5.10 Å². The minimum atomic E-state index is -0.283. The Morgan fingerprint density at radius 3 is 2.67 bits per heavy atom. The van der Waals surface area contributed by atoms with Gasteiger partial charge in [-0.25, -0.2) is 5.43 Å². The second-order valence-corrected chi connectivity index (χ2v) is 3.76. The van der Waals surface area contributed by atoms with Gasteiger partial charge in [-0.05, 0) is 32.0 Å². The highest BCUT2D eigenvalue weighted by Crippen LogP contribution is 2.08. The Labute approximate surface area is 105 Å². The first-order valence-corrected chi connectivity index (χ1v) is 5.47. The Balaban J connectivity index is 2.08. The van der Waals surface area contributed by atoms with Gasteiger partial charge in [0.05, 0.1) is 17.5 Å². The maximum atomic E-state index is 11.8. The highest BCUT2D eigenvalue weighted by Gasteiger charge is 2.10. The molecule has 2 heterocycles. The molecule has 5 nitrogen and oxygen atoms in total. The average molecular weight is 243 g/mol. The van der Waals surface area contributed by atoms with Crippen LogP contribution in [0, 0.1) is 6.92 Å². The van der Waals surface area contributed by atoms with E-state index in [1.165, 1.54) is 6.26 Å². The molecule has 0 aliphatic rings. The van der Waals surface area contributed by atoms with Crippen LogP contribution in [0.1, 0.15) is 28.6 Å². The van der Waals surface area contributed by atoms with Crippen LogP contribution in [-0.2, 0) is 0 Å². The second-order valence-electron chi connectivity index (χ2n) is 3.76. The predicted octanol–water partition coefficient (Wildman–Crippen LogP) is 2.14. The van der Waals surface area contributed by atoms with E-state index >= 15 is 0 Å². The summed E-state index contributed by atoms with van der Waals surface area (Å²) >= 11 is 0. The van der Waals surface area contributed by atoms with Crippen LogP contribution < -0.4 is 5.43 Å². The van der Waals surface area contributed by atoms with Crippen LogP contribution in [0.2, 0.25) is 0 Å². The number of aromatic nitrogens is 1. The Kier molecular flexibility index (Phi) is 3.52. The lowest BCUT2D eigenvalue weighted by Crippen LogP contribution is -2.19. The molecular weight excluding hydrogens is 230 g/mol. The van der Waals surface area contributed by atoms with Gasteiger partial charge in [0, 0.05) is 18.0 Å². The van der Waals surface area contributed by atoms with E-state index in [1.54, 1.807) is 25.4 Å². The van der Waals surface area contributed by atoms with Gasteiger partial charge in [0.15, 0.2) is 0 Å². The normalized spacial score (nSPS) is 11.3. The number of amides is 1. The van der Waals surface area contributed by atoms with Crippen molar-refractivity contribution >= 4 is 11.6 Å². The molecule has 0 bridgehead atoms. The van der Waals surface area contributed by atoms with E-state index < -0.39 is 0 Å². The number of nitrogens with one attached hydrogen (secondary N) is 1. The van der Waals surface area contributed by atoms with Crippen LogP contribution >= 0.6 is 0 Å². The maximum Gasteiger partial charge on any atom is 0.274 e. The molecule has 0 saturated heterocycles. The third-order valence-corrected chi connectivity index (χ3v) is 2.53. The van der Waals surface area contributed by atoms with Crippen LogP contribution in [0.3, 0.4) is 0 Å². The first-order chi connectivity index (χ1) is 8.68. The summed E-state index contributed by atoms with van der Waals surface area (Å²) in [6.45, 7) is 3.55. The third-order valence-electron chi connectivity index (χ3n) is 2.53. The fourth-order valence-corrected chi connectivity index (χ4v) is 1.47. The molecule has 5 heteroatoms. The van der Waals surface area contributed by atoms with Gasteiger partial charge in [-0.2, -0.15) is 5.10 Å². The lowest BCUT2D eigenvalue weighted by atomic mass is 10.2. The summed E-state index contributed by atoms with van der Waals surface area (Å²) in [6.07, 6.45) is 4.83. The quantitative estimate of drug-likeness (QED) is 0.663. The zero-order valence-corrected chi connectivity index (χ0v) is 10.2. The molecule has 0 spiro atoms. The maximum absolute atomic E-state index is 11.8. The predicted molar refractivity (Wildman–Crippen MR) is 67.4 cm³/mol. The summed E-state index contributed by atoms with van der Waals surface area (Å²) in [4.78, 5) is 15.7. The molecule has 0 aromatic carbocycles. The number of carbonyl (C=O) groups is 1. The fourth-order valence-electron chi connectivity index (χ4n) is 1.47. The Bertz CT molecular complexity index is 573. The molecule has 1 N–H and O–H groups in total. The van der Waals surface area contributed by atoms with Crippen molar-refractivity contribution in [3.8, 4) is 0 Å². The first kappa shape index (κ1) is 12.0. The topological polar surface area (TPSA) is 67.5 Å². The van der Waals surface area contributed by atoms with Gasteiger partial charge in [0.1, 0.15) is 5.76 Å².